The van der Waals surface area contributed by atoms with E-state index in [2.05, 4.69) is 34.5 Å². The predicted octanol–water partition coefficient (Wildman–Crippen LogP) is 4.22. The SMILES string of the molecule is CN1C(=O)c2ccccc2[C@H](C(=O)NCCCN2CCc3ccccc3C2)[C@H]1c1cccs1. The van der Waals surface area contributed by atoms with Gasteiger partial charge in [-0.25, -0.2) is 0 Å². The zero-order valence-corrected chi connectivity index (χ0v) is 19.7. The Hall–Kier alpha value is -2.96. The molecule has 6 heteroatoms. The molecule has 0 bridgehead atoms. The van der Waals surface area contributed by atoms with Crippen LogP contribution in [0.4, 0.5) is 0 Å². The first-order valence-corrected chi connectivity index (χ1v) is 12.5. The molecule has 0 spiro atoms. The summed E-state index contributed by atoms with van der Waals surface area (Å²) in [5.41, 5.74) is 4.32. The molecule has 0 aliphatic carbocycles. The van der Waals surface area contributed by atoms with Crippen molar-refractivity contribution < 1.29 is 9.59 Å². The zero-order valence-electron chi connectivity index (χ0n) is 18.9. The van der Waals surface area contributed by atoms with Crippen LogP contribution in [0.25, 0.3) is 0 Å². The summed E-state index contributed by atoms with van der Waals surface area (Å²) in [5, 5.41) is 5.18. The number of fused-ring (bicyclic) bond motifs is 2. The highest BCUT2D eigenvalue weighted by Gasteiger charge is 2.42. The van der Waals surface area contributed by atoms with E-state index in [0.29, 0.717) is 12.1 Å². The van der Waals surface area contributed by atoms with E-state index >= 15 is 0 Å². The Morgan fingerprint density at radius 3 is 2.67 bits per heavy atom. The number of nitrogens with zero attached hydrogens (tertiary/aromatic N) is 2. The Bertz CT molecular complexity index is 1140. The van der Waals surface area contributed by atoms with Gasteiger partial charge in [0.1, 0.15) is 0 Å². The molecular weight excluding hydrogens is 430 g/mol. The highest BCUT2D eigenvalue weighted by molar-refractivity contribution is 7.10. The Morgan fingerprint density at radius 2 is 1.85 bits per heavy atom. The number of hydrogen-bond donors (Lipinski definition) is 1. The molecule has 3 heterocycles. The van der Waals surface area contributed by atoms with Gasteiger partial charge in [-0.1, -0.05) is 48.5 Å². The smallest absolute Gasteiger partial charge is 0.254 e. The largest absolute Gasteiger partial charge is 0.355 e. The third kappa shape index (κ3) is 4.33. The van der Waals surface area contributed by atoms with Crippen LogP contribution in [-0.4, -0.2) is 48.3 Å². The lowest BCUT2D eigenvalue weighted by atomic mass is 9.81. The maximum Gasteiger partial charge on any atom is 0.254 e. The topological polar surface area (TPSA) is 52.7 Å². The first-order chi connectivity index (χ1) is 16.1. The molecule has 1 aromatic heterocycles. The molecule has 2 amide bonds. The van der Waals surface area contributed by atoms with Crippen molar-refractivity contribution in [1.29, 1.82) is 0 Å². The summed E-state index contributed by atoms with van der Waals surface area (Å²) in [6.45, 7) is 3.63. The van der Waals surface area contributed by atoms with Crippen LogP contribution in [0.5, 0.6) is 0 Å². The second-order valence-electron chi connectivity index (χ2n) is 8.88. The zero-order chi connectivity index (χ0) is 22.8. The molecule has 3 aromatic rings. The van der Waals surface area contributed by atoms with Gasteiger partial charge in [0.05, 0.1) is 12.0 Å². The Kier molecular flexibility index (Phi) is 6.29. The van der Waals surface area contributed by atoms with Gasteiger partial charge in [0.15, 0.2) is 0 Å². The molecule has 2 aliphatic heterocycles. The minimum Gasteiger partial charge on any atom is -0.355 e. The van der Waals surface area contributed by atoms with Gasteiger partial charge < -0.3 is 10.2 Å². The Balaban J connectivity index is 1.26. The highest BCUT2D eigenvalue weighted by Crippen LogP contribution is 2.43. The molecule has 170 valence electrons. The van der Waals surface area contributed by atoms with E-state index in [1.807, 2.05) is 41.8 Å². The van der Waals surface area contributed by atoms with Crippen LogP contribution in [0.2, 0.25) is 0 Å². The Morgan fingerprint density at radius 1 is 1.06 bits per heavy atom. The predicted molar refractivity (Wildman–Crippen MR) is 131 cm³/mol. The van der Waals surface area contributed by atoms with Gasteiger partial charge in [-0.05, 0) is 47.0 Å². The third-order valence-corrected chi connectivity index (χ3v) is 7.80. The lowest BCUT2D eigenvalue weighted by Gasteiger charge is -2.39. The molecule has 5 nitrogen and oxygen atoms in total. The number of carbonyl (C=O) groups is 2. The van der Waals surface area contributed by atoms with Gasteiger partial charge in [0.25, 0.3) is 5.91 Å². The number of thiophene rings is 1. The van der Waals surface area contributed by atoms with Crippen molar-refractivity contribution in [3.8, 4) is 0 Å². The van der Waals surface area contributed by atoms with Crippen LogP contribution in [0.15, 0.2) is 66.0 Å². The van der Waals surface area contributed by atoms with Gasteiger partial charge in [0.2, 0.25) is 5.91 Å². The standard InChI is InChI=1S/C27H29N3O2S/c1-29-25(23-12-6-17-33-23)24(21-10-4-5-11-22(21)27(29)32)26(31)28-14-7-15-30-16-13-19-8-2-3-9-20(19)18-30/h2-6,8-12,17,24-25H,7,13-16,18H2,1H3,(H,28,31)/t24-,25+/m0/s1. The lowest BCUT2D eigenvalue weighted by Crippen LogP contribution is -2.45. The van der Waals surface area contributed by atoms with Crippen LogP contribution in [-0.2, 0) is 17.8 Å². The number of nitrogens with one attached hydrogen (secondary N) is 1. The second-order valence-corrected chi connectivity index (χ2v) is 9.86. The maximum atomic E-state index is 13.5. The Labute approximate surface area is 199 Å². The van der Waals surface area contributed by atoms with E-state index in [-0.39, 0.29) is 17.9 Å². The summed E-state index contributed by atoms with van der Waals surface area (Å²) in [7, 11) is 1.80. The molecule has 2 aromatic carbocycles. The van der Waals surface area contributed by atoms with Gasteiger partial charge in [-0.15, -0.1) is 11.3 Å². The van der Waals surface area contributed by atoms with E-state index in [1.54, 1.807) is 23.3 Å². The van der Waals surface area contributed by atoms with Crippen molar-refractivity contribution >= 4 is 23.2 Å². The summed E-state index contributed by atoms with van der Waals surface area (Å²) in [4.78, 5) is 31.7. The van der Waals surface area contributed by atoms with E-state index in [0.717, 1.165) is 42.9 Å². The molecule has 0 saturated heterocycles. The number of rotatable bonds is 6. The molecule has 0 radical (unpaired) electrons. The molecule has 0 fully saturated rings. The van der Waals surface area contributed by atoms with E-state index in [1.165, 1.54) is 11.1 Å². The van der Waals surface area contributed by atoms with Gasteiger partial charge in [-0.3, -0.25) is 14.5 Å². The maximum absolute atomic E-state index is 13.5. The van der Waals surface area contributed by atoms with E-state index in [4.69, 9.17) is 0 Å². The van der Waals surface area contributed by atoms with E-state index < -0.39 is 5.92 Å². The van der Waals surface area contributed by atoms with Crippen molar-refractivity contribution in [2.24, 2.45) is 0 Å². The fourth-order valence-electron chi connectivity index (χ4n) is 5.14. The monoisotopic (exact) mass is 459 g/mol. The fraction of sp³-hybridized carbons (Fsp3) is 0.333. The van der Waals surface area contributed by atoms with Crippen LogP contribution >= 0.6 is 11.3 Å². The average Bonchev–Trinajstić information content (AvgIpc) is 3.38. The molecule has 2 aliphatic rings. The number of benzene rings is 2. The fourth-order valence-corrected chi connectivity index (χ4v) is 6.05. The first-order valence-electron chi connectivity index (χ1n) is 11.6. The van der Waals surface area contributed by atoms with Gasteiger partial charge in [-0.2, -0.15) is 0 Å². The van der Waals surface area contributed by atoms with Crippen LogP contribution in [0.3, 0.4) is 0 Å². The summed E-state index contributed by atoms with van der Waals surface area (Å²) < 4.78 is 0. The number of likely N-dealkylation sites (N-methyl/N-ethyl adjacent to an activating group) is 1. The van der Waals surface area contributed by atoms with Gasteiger partial charge >= 0.3 is 0 Å². The molecular formula is C27H29N3O2S. The summed E-state index contributed by atoms with van der Waals surface area (Å²) >= 11 is 1.59. The van der Waals surface area contributed by atoms with Crippen molar-refractivity contribution in [1.82, 2.24) is 15.1 Å². The number of hydrogen-bond acceptors (Lipinski definition) is 4. The number of carbonyl (C=O) groups excluding carboxylic acids is 2. The minimum absolute atomic E-state index is 0.0100. The summed E-state index contributed by atoms with van der Waals surface area (Å²) in [5.74, 6) is -0.452. The van der Waals surface area contributed by atoms with Crippen molar-refractivity contribution in [2.75, 3.05) is 26.7 Å². The highest BCUT2D eigenvalue weighted by atomic mass is 32.1. The van der Waals surface area contributed by atoms with Crippen molar-refractivity contribution in [2.45, 2.75) is 31.3 Å². The molecule has 33 heavy (non-hydrogen) atoms. The lowest BCUT2D eigenvalue weighted by molar-refractivity contribution is -0.124. The van der Waals surface area contributed by atoms with Gasteiger partial charge in [0, 0.05) is 43.7 Å². The number of amides is 2. The normalized spacial score (nSPS) is 20.3. The first kappa shape index (κ1) is 21.9. The van der Waals surface area contributed by atoms with Crippen LogP contribution in [0, 0.1) is 0 Å². The van der Waals surface area contributed by atoms with E-state index in [9.17, 15) is 9.59 Å². The average molecular weight is 460 g/mol. The second kappa shape index (κ2) is 9.49. The summed E-state index contributed by atoms with van der Waals surface area (Å²) in [6.07, 6.45) is 1.99. The quantitative estimate of drug-likeness (QED) is 0.562. The summed E-state index contributed by atoms with van der Waals surface area (Å²) in [6, 6.07) is 19.9. The third-order valence-electron chi connectivity index (χ3n) is 6.86. The molecule has 1 N–H and O–H groups in total. The molecule has 0 saturated carbocycles. The van der Waals surface area contributed by atoms with Crippen molar-refractivity contribution in [3.05, 3.63) is 93.2 Å². The minimum atomic E-state index is -0.413. The van der Waals surface area contributed by atoms with Crippen LogP contribution < -0.4 is 5.32 Å². The van der Waals surface area contributed by atoms with Crippen molar-refractivity contribution in [3.63, 3.8) is 0 Å². The molecule has 5 rings (SSSR count). The molecule has 2 atom stereocenters. The molecule has 0 unspecified atom stereocenters. The van der Waals surface area contributed by atoms with Crippen LogP contribution in [0.1, 0.15) is 50.3 Å².